The molecule has 23 heavy (non-hydrogen) atoms. The van der Waals surface area contributed by atoms with E-state index in [0.29, 0.717) is 10.9 Å². The van der Waals surface area contributed by atoms with Gasteiger partial charge in [-0.2, -0.15) is 0 Å². The smallest absolute Gasteiger partial charge is 0.286 e. The summed E-state index contributed by atoms with van der Waals surface area (Å²) < 4.78 is 31.3. The van der Waals surface area contributed by atoms with Gasteiger partial charge >= 0.3 is 0 Å². The Labute approximate surface area is 129 Å². The highest BCUT2D eigenvalue weighted by Crippen LogP contribution is 2.18. The van der Waals surface area contributed by atoms with E-state index in [-0.39, 0.29) is 17.3 Å². The summed E-state index contributed by atoms with van der Waals surface area (Å²) in [6.45, 7) is 0. The number of H-pyrrole nitrogens is 1. The monoisotopic (exact) mass is 318 g/mol. The summed E-state index contributed by atoms with van der Waals surface area (Å²) in [5.74, 6) is -1.69. The van der Waals surface area contributed by atoms with Crippen molar-refractivity contribution >= 4 is 22.5 Å². The van der Waals surface area contributed by atoms with Crippen LogP contribution in [0.4, 0.5) is 14.5 Å². The average molecular weight is 318 g/mol. The van der Waals surface area contributed by atoms with Crippen molar-refractivity contribution in [1.82, 2.24) is 15.4 Å². The summed E-state index contributed by atoms with van der Waals surface area (Å²) in [5, 5.41) is 0.703. The zero-order valence-corrected chi connectivity index (χ0v) is 12.0. The van der Waals surface area contributed by atoms with E-state index in [1.807, 2.05) is 0 Å². The van der Waals surface area contributed by atoms with E-state index in [4.69, 9.17) is 4.74 Å². The van der Waals surface area contributed by atoms with E-state index in [0.717, 1.165) is 6.07 Å². The van der Waals surface area contributed by atoms with Gasteiger partial charge in [-0.25, -0.2) is 13.8 Å². The molecule has 3 N–H and O–H groups in total. The Hall–Kier alpha value is -3.16. The lowest BCUT2D eigenvalue weighted by molar-refractivity contribution is 0.0958. The minimum atomic E-state index is -0.659. The Bertz CT molecular complexity index is 879. The molecule has 6 nitrogen and oxygen atoms in total. The molecule has 0 radical (unpaired) electrons. The Morgan fingerprint density at radius 2 is 2.09 bits per heavy atom. The first-order valence-corrected chi connectivity index (χ1v) is 6.61. The van der Waals surface area contributed by atoms with Crippen molar-refractivity contribution in [3.05, 3.63) is 53.9 Å². The lowest BCUT2D eigenvalue weighted by Gasteiger charge is -2.08. The van der Waals surface area contributed by atoms with Gasteiger partial charge in [-0.15, -0.1) is 0 Å². The Morgan fingerprint density at radius 3 is 2.83 bits per heavy atom. The molecule has 8 heteroatoms. The summed E-state index contributed by atoms with van der Waals surface area (Å²) in [6.07, 6.45) is 1.31. The van der Waals surface area contributed by atoms with Crippen LogP contribution in [-0.4, -0.2) is 23.0 Å². The Kier molecular flexibility index (Phi) is 3.80. The highest BCUT2D eigenvalue weighted by molar-refractivity contribution is 5.98. The van der Waals surface area contributed by atoms with Gasteiger partial charge in [0.2, 0.25) is 5.88 Å². The molecule has 1 amide bonds. The first-order chi connectivity index (χ1) is 11.1. The molecule has 3 rings (SSSR count). The number of pyridine rings is 1. The van der Waals surface area contributed by atoms with Gasteiger partial charge in [-0.05, 0) is 24.3 Å². The quantitative estimate of drug-likeness (QED) is 0.646. The predicted molar refractivity (Wildman–Crippen MR) is 80.1 cm³/mol. The van der Waals surface area contributed by atoms with Crippen molar-refractivity contribution < 1.29 is 18.3 Å². The fourth-order valence-electron chi connectivity index (χ4n) is 2.06. The summed E-state index contributed by atoms with van der Waals surface area (Å²) in [6, 6.07) is 6.88. The number of benzene rings is 1. The van der Waals surface area contributed by atoms with Crippen LogP contribution in [0.1, 0.15) is 10.5 Å². The van der Waals surface area contributed by atoms with Crippen LogP contribution in [0.2, 0.25) is 0 Å². The summed E-state index contributed by atoms with van der Waals surface area (Å²) >= 11 is 0. The number of hydrogen-bond donors (Lipinski definition) is 3. The second kappa shape index (κ2) is 5.91. The van der Waals surface area contributed by atoms with Crippen molar-refractivity contribution in [2.24, 2.45) is 0 Å². The second-order valence-corrected chi connectivity index (χ2v) is 4.71. The number of amides is 1. The number of hydrogen-bond acceptors (Lipinski definition) is 4. The van der Waals surface area contributed by atoms with Gasteiger partial charge < -0.3 is 9.72 Å². The molecule has 2 heterocycles. The van der Waals surface area contributed by atoms with Gasteiger partial charge in [0.25, 0.3) is 5.91 Å². The molecule has 3 aromatic rings. The molecular weight excluding hydrogens is 306 g/mol. The third-order valence-electron chi connectivity index (χ3n) is 3.15. The largest absolute Gasteiger partial charge is 0.479 e. The summed E-state index contributed by atoms with van der Waals surface area (Å²) in [4.78, 5) is 18.6. The minimum absolute atomic E-state index is 0.139. The summed E-state index contributed by atoms with van der Waals surface area (Å²) in [7, 11) is 1.30. The zero-order valence-electron chi connectivity index (χ0n) is 12.0. The van der Waals surface area contributed by atoms with Crippen LogP contribution in [0.25, 0.3) is 10.9 Å². The highest BCUT2D eigenvalue weighted by atomic mass is 19.1. The van der Waals surface area contributed by atoms with Crippen LogP contribution in [0.3, 0.4) is 0 Å². The zero-order chi connectivity index (χ0) is 16.4. The normalized spacial score (nSPS) is 10.6. The maximum Gasteiger partial charge on any atom is 0.286 e. The number of nitrogens with zero attached hydrogens (tertiary/aromatic N) is 1. The lowest BCUT2D eigenvalue weighted by Crippen LogP contribution is -2.29. The molecular formula is C15H12F2N4O2. The molecule has 0 saturated heterocycles. The predicted octanol–water partition coefficient (Wildman–Crippen LogP) is 2.61. The molecule has 0 aliphatic carbocycles. The molecule has 0 fully saturated rings. The fourth-order valence-corrected chi connectivity index (χ4v) is 2.06. The van der Waals surface area contributed by atoms with E-state index in [1.54, 1.807) is 12.1 Å². The number of rotatable bonds is 4. The first-order valence-electron chi connectivity index (χ1n) is 6.61. The topological polar surface area (TPSA) is 79.0 Å². The molecule has 118 valence electrons. The average Bonchev–Trinajstić information content (AvgIpc) is 2.95. The van der Waals surface area contributed by atoms with Gasteiger partial charge in [0, 0.05) is 17.0 Å². The van der Waals surface area contributed by atoms with E-state index < -0.39 is 17.5 Å². The minimum Gasteiger partial charge on any atom is -0.479 e. The van der Waals surface area contributed by atoms with Crippen molar-refractivity contribution in [2.75, 3.05) is 12.5 Å². The standard InChI is InChI=1S/C15H12F2N4O2/c1-23-15-11(17)6-10(7-18-15)20-21-14(22)13-4-8-2-3-9(16)5-12(8)19-13/h2-7,19-20H,1H3,(H,21,22). The first kappa shape index (κ1) is 14.8. The molecule has 0 spiro atoms. The van der Waals surface area contributed by atoms with Crippen molar-refractivity contribution in [3.63, 3.8) is 0 Å². The van der Waals surface area contributed by atoms with Gasteiger partial charge in [-0.3, -0.25) is 15.6 Å². The molecule has 0 atom stereocenters. The van der Waals surface area contributed by atoms with Crippen molar-refractivity contribution in [1.29, 1.82) is 0 Å². The van der Waals surface area contributed by atoms with Crippen molar-refractivity contribution in [2.45, 2.75) is 0 Å². The number of methoxy groups -OCH3 is 1. The maximum absolute atomic E-state index is 13.5. The maximum atomic E-state index is 13.5. The van der Waals surface area contributed by atoms with Crippen LogP contribution in [0.5, 0.6) is 5.88 Å². The number of nitrogens with one attached hydrogen (secondary N) is 3. The van der Waals surface area contributed by atoms with Crippen LogP contribution in [0, 0.1) is 11.6 Å². The number of aromatic nitrogens is 2. The van der Waals surface area contributed by atoms with Crippen LogP contribution >= 0.6 is 0 Å². The molecule has 0 aliphatic rings. The molecule has 0 aliphatic heterocycles. The fraction of sp³-hybridized carbons (Fsp3) is 0.0667. The van der Waals surface area contributed by atoms with Gasteiger partial charge in [0.05, 0.1) is 19.0 Å². The van der Waals surface area contributed by atoms with E-state index in [1.165, 1.54) is 25.4 Å². The van der Waals surface area contributed by atoms with Crippen LogP contribution in [-0.2, 0) is 0 Å². The number of fused-ring (bicyclic) bond motifs is 1. The number of carbonyl (C=O) groups excluding carboxylic acids is 1. The highest BCUT2D eigenvalue weighted by Gasteiger charge is 2.11. The van der Waals surface area contributed by atoms with E-state index >= 15 is 0 Å². The van der Waals surface area contributed by atoms with E-state index in [9.17, 15) is 13.6 Å². The number of aromatic amines is 1. The van der Waals surface area contributed by atoms with Gasteiger partial charge in [0.1, 0.15) is 11.5 Å². The number of halogens is 2. The van der Waals surface area contributed by atoms with Crippen molar-refractivity contribution in [3.8, 4) is 5.88 Å². The Morgan fingerprint density at radius 1 is 1.26 bits per heavy atom. The Balaban J connectivity index is 1.72. The second-order valence-electron chi connectivity index (χ2n) is 4.71. The molecule has 2 aromatic heterocycles. The summed E-state index contributed by atoms with van der Waals surface area (Å²) in [5.41, 5.74) is 5.93. The van der Waals surface area contributed by atoms with E-state index in [2.05, 4.69) is 20.8 Å². The molecule has 0 bridgehead atoms. The number of ether oxygens (including phenoxy) is 1. The SMILES string of the molecule is COc1ncc(NNC(=O)c2cc3ccc(F)cc3[nH]2)cc1F. The molecule has 0 saturated carbocycles. The van der Waals surface area contributed by atoms with Gasteiger partial charge in [0.15, 0.2) is 5.82 Å². The lowest BCUT2D eigenvalue weighted by atomic mass is 10.2. The molecule has 0 unspecified atom stereocenters. The van der Waals surface area contributed by atoms with Crippen LogP contribution in [0.15, 0.2) is 36.5 Å². The van der Waals surface area contributed by atoms with Crippen LogP contribution < -0.4 is 15.6 Å². The van der Waals surface area contributed by atoms with Gasteiger partial charge in [-0.1, -0.05) is 0 Å². The third-order valence-corrected chi connectivity index (χ3v) is 3.15. The molecule has 1 aromatic carbocycles. The number of hydrazine groups is 1. The number of carbonyl (C=O) groups is 1. The number of anilines is 1. The third kappa shape index (κ3) is 3.05.